The van der Waals surface area contributed by atoms with Gasteiger partial charge in [-0.3, -0.25) is 14.4 Å². The molecule has 0 radical (unpaired) electrons. The van der Waals surface area contributed by atoms with Crippen LogP contribution < -0.4 is 0 Å². The molecular weight excluding hydrogens is 530 g/mol. The molecule has 1 aromatic rings. The number of carbonyl (C=O) groups is 3. The Morgan fingerprint density at radius 3 is 2.26 bits per heavy atom. The summed E-state index contributed by atoms with van der Waals surface area (Å²) in [5.41, 5.74) is -1.23. The third kappa shape index (κ3) is 5.32. The van der Waals surface area contributed by atoms with E-state index in [1.807, 2.05) is 44.2 Å². The van der Waals surface area contributed by atoms with Crippen molar-refractivity contribution >= 4 is 17.7 Å². The zero-order valence-corrected chi connectivity index (χ0v) is 25.7. The van der Waals surface area contributed by atoms with E-state index >= 15 is 0 Å². The van der Waals surface area contributed by atoms with Crippen LogP contribution in [0.1, 0.15) is 77.3 Å². The van der Waals surface area contributed by atoms with Gasteiger partial charge in [-0.2, -0.15) is 0 Å². The number of aliphatic hydroxyl groups is 1. The van der Waals surface area contributed by atoms with Crippen LogP contribution in [0.4, 0.5) is 0 Å². The van der Waals surface area contributed by atoms with Crippen molar-refractivity contribution in [3.05, 3.63) is 61.2 Å². The summed E-state index contributed by atoms with van der Waals surface area (Å²) in [6, 6.07) is 7.64. The van der Waals surface area contributed by atoms with Gasteiger partial charge in [0.2, 0.25) is 17.7 Å². The summed E-state index contributed by atoms with van der Waals surface area (Å²) in [7, 11) is 0. The molecule has 0 saturated carbocycles. The molecule has 3 saturated heterocycles. The Labute approximate surface area is 251 Å². The van der Waals surface area contributed by atoms with Crippen LogP contribution in [0.5, 0.6) is 0 Å². The molecule has 230 valence electrons. The molecule has 3 heterocycles. The summed E-state index contributed by atoms with van der Waals surface area (Å²) in [5, 5.41) is 10.7. The van der Waals surface area contributed by atoms with Crippen LogP contribution in [-0.2, 0) is 19.1 Å². The number of hydrogen-bond donors (Lipinski definition) is 1. The summed E-state index contributed by atoms with van der Waals surface area (Å²) in [6.07, 6.45) is 8.71. The Morgan fingerprint density at radius 2 is 1.69 bits per heavy atom. The van der Waals surface area contributed by atoms with Crippen LogP contribution in [0.2, 0.25) is 0 Å². The Balaban J connectivity index is 1.86. The number of aliphatic hydroxyl groups excluding tert-OH is 1. The van der Waals surface area contributed by atoms with E-state index in [1.54, 1.807) is 26.9 Å². The van der Waals surface area contributed by atoms with Crippen LogP contribution in [-0.4, -0.2) is 87.6 Å². The van der Waals surface area contributed by atoms with E-state index in [0.29, 0.717) is 45.4 Å². The average molecular weight is 580 g/mol. The van der Waals surface area contributed by atoms with Crippen LogP contribution in [0, 0.1) is 11.8 Å². The Bertz CT molecular complexity index is 1140. The molecule has 8 heteroatoms. The lowest BCUT2D eigenvalue weighted by atomic mass is 9.64. The number of carbonyl (C=O) groups excluding carboxylic acids is 3. The monoisotopic (exact) mass is 579 g/mol. The smallest absolute Gasteiger partial charge is 0.248 e. The number of benzene rings is 1. The van der Waals surface area contributed by atoms with Gasteiger partial charge in [-0.1, -0.05) is 76.1 Å². The summed E-state index contributed by atoms with van der Waals surface area (Å²) < 4.78 is 6.99. The first kappa shape index (κ1) is 32.0. The van der Waals surface area contributed by atoms with E-state index in [0.717, 1.165) is 31.2 Å². The third-order valence-electron chi connectivity index (χ3n) is 9.66. The zero-order chi connectivity index (χ0) is 30.5. The molecule has 1 N–H and O–H groups in total. The molecule has 1 aromatic carbocycles. The molecule has 6 atom stereocenters. The van der Waals surface area contributed by atoms with Crippen LogP contribution >= 0.6 is 0 Å². The first-order valence-electron chi connectivity index (χ1n) is 15.8. The summed E-state index contributed by atoms with van der Waals surface area (Å²) >= 11 is 0. The molecule has 1 spiro atoms. The van der Waals surface area contributed by atoms with Crippen molar-refractivity contribution in [2.75, 3.05) is 32.8 Å². The highest BCUT2D eigenvalue weighted by Crippen LogP contribution is 2.65. The lowest BCUT2D eigenvalue weighted by Gasteiger charge is -2.39. The maximum absolute atomic E-state index is 14.8. The number of hydrogen-bond acceptors (Lipinski definition) is 5. The maximum atomic E-state index is 14.8. The predicted molar refractivity (Wildman–Crippen MR) is 163 cm³/mol. The van der Waals surface area contributed by atoms with Gasteiger partial charge >= 0.3 is 0 Å². The van der Waals surface area contributed by atoms with Gasteiger partial charge in [-0.25, -0.2) is 0 Å². The predicted octanol–water partition coefficient (Wildman–Crippen LogP) is 4.50. The van der Waals surface area contributed by atoms with Crippen molar-refractivity contribution in [1.82, 2.24) is 14.7 Å². The fourth-order valence-electron chi connectivity index (χ4n) is 7.76. The quantitative estimate of drug-likeness (QED) is 0.230. The lowest BCUT2D eigenvalue weighted by molar-refractivity contribution is -0.158. The second kappa shape index (κ2) is 13.6. The number of amides is 3. The van der Waals surface area contributed by atoms with Gasteiger partial charge < -0.3 is 24.5 Å². The molecule has 3 amide bonds. The molecule has 0 aliphatic carbocycles. The summed E-state index contributed by atoms with van der Waals surface area (Å²) in [4.78, 5) is 48.9. The molecule has 4 rings (SSSR count). The topological polar surface area (TPSA) is 90.4 Å². The molecule has 8 nitrogen and oxygen atoms in total. The average Bonchev–Trinajstić information content (AvgIpc) is 3.61. The van der Waals surface area contributed by atoms with Crippen LogP contribution in [0.15, 0.2) is 55.6 Å². The van der Waals surface area contributed by atoms with Gasteiger partial charge in [0.25, 0.3) is 0 Å². The number of rotatable bonds is 16. The number of fused-ring (bicyclic) bond motifs is 1. The minimum Gasteiger partial charge on any atom is -0.394 e. The van der Waals surface area contributed by atoms with Gasteiger partial charge in [0.15, 0.2) is 0 Å². The highest BCUT2D eigenvalue weighted by Gasteiger charge is 2.79. The van der Waals surface area contributed by atoms with Crippen molar-refractivity contribution in [1.29, 1.82) is 0 Å². The van der Waals surface area contributed by atoms with E-state index in [4.69, 9.17) is 4.74 Å². The van der Waals surface area contributed by atoms with Crippen molar-refractivity contribution in [2.24, 2.45) is 11.8 Å². The highest BCUT2D eigenvalue weighted by molar-refractivity contribution is 5.99. The molecule has 3 aliphatic heterocycles. The number of nitrogens with zero attached hydrogens (tertiary/aromatic N) is 3. The minimum atomic E-state index is -1.15. The normalized spacial score (nSPS) is 28.4. The van der Waals surface area contributed by atoms with E-state index in [9.17, 15) is 19.5 Å². The fraction of sp³-hybridized carbons (Fsp3) is 0.618. The number of likely N-dealkylation sites (tertiary alicyclic amines) is 1. The Kier molecular flexibility index (Phi) is 10.3. The van der Waals surface area contributed by atoms with Crippen LogP contribution in [0.3, 0.4) is 0 Å². The SMILES string of the molecule is C=CCN(CCCCC)C(=O)C1N([C@H](CO)c2ccccc2)C(=O)[C@@H]2[C@@H](C(=O)N(CC=C)CCC)[C@@]3(CC)CCC12O3. The van der Waals surface area contributed by atoms with Crippen LogP contribution in [0.25, 0.3) is 0 Å². The Hall–Kier alpha value is -2.97. The van der Waals surface area contributed by atoms with E-state index in [1.165, 1.54) is 0 Å². The first-order chi connectivity index (χ1) is 20.3. The maximum Gasteiger partial charge on any atom is 0.248 e. The Morgan fingerprint density at radius 1 is 1.02 bits per heavy atom. The largest absolute Gasteiger partial charge is 0.394 e. The lowest BCUT2D eigenvalue weighted by Crippen LogP contribution is -2.57. The van der Waals surface area contributed by atoms with E-state index < -0.39 is 35.1 Å². The van der Waals surface area contributed by atoms with Gasteiger partial charge in [-0.15, -0.1) is 13.2 Å². The second-order valence-corrected chi connectivity index (χ2v) is 12.0. The van der Waals surface area contributed by atoms with E-state index in [-0.39, 0.29) is 24.3 Å². The van der Waals surface area contributed by atoms with Crippen molar-refractivity contribution in [3.63, 3.8) is 0 Å². The van der Waals surface area contributed by atoms with E-state index in [2.05, 4.69) is 20.1 Å². The standard InChI is InChI=1S/C34H49N3O5/c1-6-11-15-23-36(22-9-4)32(41)29-34-19-18-33(10-5,42-34)27(30(39)35(20-7-2)21-8-3)28(34)31(40)37(29)26(24-38)25-16-13-12-14-17-25/h7,9,12-14,16-17,26-29,38H,2,4,6,8,10-11,15,18-24H2,1,3,5H3/t26-,27+,28+,29?,33-,34?/m1/s1. The summed E-state index contributed by atoms with van der Waals surface area (Å²) in [5.74, 6) is -2.12. The molecule has 0 aromatic heterocycles. The molecule has 2 bridgehead atoms. The molecule has 2 unspecified atom stereocenters. The second-order valence-electron chi connectivity index (χ2n) is 12.0. The molecule has 3 fully saturated rings. The minimum absolute atomic E-state index is 0.113. The van der Waals surface area contributed by atoms with Gasteiger partial charge in [0.1, 0.15) is 11.6 Å². The molecular formula is C34H49N3O5. The van der Waals surface area contributed by atoms with Crippen molar-refractivity contribution < 1.29 is 24.2 Å². The molecule has 42 heavy (non-hydrogen) atoms. The summed E-state index contributed by atoms with van der Waals surface area (Å²) in [6.45, 7) is 15.4. The number of unbranched alkanes of at least 4 members (excludes halogenated alkanes) is 2. The zero-order valence-electron chi connectivity index (χ0n) is 25.7. The highest BCUT2D eigenvalue weighted by atomic mass is 16.5. The molecule has 3 aliphatic rings. The van der Waals surface area contributed by atoms with Gasteiger partial charge in [0.05, 0.1) is 30.1 Å². The van der Waals surface area contributed by atoms with Gasteiger partial charge in [-0.05, 0) is 37.7 Å². The third-order valence-corrected chi connectivity index (χ3v) is 9.66. The van der Waals surface area contributed by atoms with Gasteiger partial charge in [0, 0.05) is 26.2 Å². The van der Waals surface area contributed by atoms with Crippen molar-refractivity contribution in [2.45, 2.75) is 89.0 Å². The first-order valence-corrected chi connectivity index (χ1v) is 15.8. The van der Waals surface area contributed by atoms with Crippen molar-refractivity contribution in [3.8, 4) is 0 Å². The number of ether oxygens (including phenoxy) is 1. The fourth-order valence-corrected chi connectivity index (χ4v) is 7.76.